The summed E-state index contributed by atoms with van der Waals surface area (Å²) in [6.45, 7) is 7.55. The Labute approximate surface area is 180 Å². The molecule has 0 aromatic heterocycles. The van der Waals surface area contributed by atoms with Crippen LogP contribution < -0.4 is 10.7 Å². The van der Waals surface area contributed by atoms with E-state index in [0.717, 1.165) is 34.7 Å². The van der Waals surface area contributed by atoms with Crippen LogP contribution in [0.1, 0.15) is 78.2 Å². The first-order chi connectivity index (χ1) is 14.1. The van der Waals surface area contributed by atoms with E-state index in [9.17, 15) is 9.59 Å². The number of nitrogens with zero attached hydrogens (tertiary/aromatic N) is 1. The van der Waals surface area contributed by atoms with E-state index < -0.39 is 5.41 Å². The number of carbonyl (C=O) groups is 2. The summed E-state index contributed by atoms with van der Waals surface area (Å²) in [5.74, 6) is 2.55. The second-order valence-electron chi connectivity index (χ2n) is 11.1. The van der Waals surface area contributed by atoms with Crippen molar-refractivity contribution in [3.63, 3.8) is 0 Å². The van der Waals surface area contributed by atoms with Gasteiger partial charge in [0.15, 0.2) is 0 Å². The topological polar surface area (TPSA) is 70.6 Å². The van der Waals surface area contributed by atoms with Crippen molar-refractivity contribution in [3.8, 4) is 0 Å². The van der Waals surface area contributed by atoms with Gasteiger partial charge in [-0.2, -0.15) is 5.10 Å². The number of hydrogen-bond donors (Lipinski definition) is 2. The SMILES string of the molecule is CC(=NNC(=O)CC12CC3CC(CC(C3)C1)C2)c1cccc(NC(=O)C(C)(C)C)c1. The van der Waals surface area contributed by atoms with Gasteiger partial charge < -0.3 is 5.32 Å². The Balaban J connectivity index is 1.37. The maximum absolute atomic E-state index is 12.7. The Kier molecular flexibility index (Phi) is 5.50. The minimum Gasteiger partial charge on any atom is -0.326 e. The average Bonchev–Trinajstić information content (AvgIpc) is 2.64. The molecule has 4 fully saturated rings. The number of anilines is 1. The smallest absolute Gasteiger partial charge is 0.240 e. The quantitative estimate of drug-likeness (QED) is 0.523. The predicted molar refractivity (Wildman–Crippen MR) is 120 cm³/mol. The predicted octanol–water partition coefficient (Wildman–Crippen LogP) is 5.12. The first kappa shape index (κ1) is 21.1. The molecule has 0 aliphatic heterocycles. The molecule has 0 heterocycles. The molecule has 4 aliphatic carbocycles. The molecule has 4 bridgehead atoms. The van der Waals surface area contributed by atoms with Crippen molar-refractivity contribution >= 4 is 23.2 Å². The molecule has 5 rings (SSSR count). The molecule has 1 aromatic carbocycles. The molecule has 4 saturated carbocycles. The molecule has 0 unspecified atom stereocenters. The highest BCUT2D eigenvalue weighted by molar-refractivity contribution is 6.01. The summed E-state index contributed by atoms with van der Waals surface area (Å²) in [6, 6.07) is 7.60. The van der Waals surface area contributed by atoms with Crippen LogP contribution in [0.3, 0.4) is 0 Å². The third kappa shape index (κ3) is 4.60. The molecule has 0 spiro atoms. The number of hydrogen-bond acceptors (Lipinski definition) is 3. The van der Waals surface area contributed by atoms with E-state index in [1.54, 1.807) is 0 Å². The van der Waals surface area contributed by atoms with Crippen LogP contribution in [0, 0.1) is 28.6 Å². The van der Waals surface area contributed by atoms with Gasteiger partial charge >= 0.3 is 0 Å². The van der Waals surface area contributed by atoms with Crippen LogP contribution in [0.5, 0.6) is 0 Å². The van der Waals surface area contributed by atoms with Gasteiger partial charge in [-0.15, -0.1) is 0 Å². The lowest BCUT2D eigenvalue weighted by molar-refractivity contribution is -0.129. The standard InChI is InChI=1S/C25H35N3O2/c1-16(20-6-5-7-21(11-20)26-23(30)24(2,3)4)27-28-22(29)15-25-12-17-8-18(13-25)10-19(9-17)14-25/h5-7,11,17-19H,8-10,12-15H2,1-4H3,(H,26,30)(H,28,29). The van der Waals surface area contributed by atoms with Crippen LogP contribution in [0.25, 0.3) is 0 Å². The van der Waals surface area contributed by atoms with Gasteiger partial charge in [-0.05, 0) is 86.3 Å². The van der Waals surface area contributed by atoms with Crippen molar-refractivity contribution in [1.82, 2.24) is 5.43 Å². The van der Waals surface area contributed by atoms with E-state index >= 15 is 0 Å². The Morgan fingerprint density at radius 2 is 1.67 bits per heavy atom. The van der Waals surface area contributed by atoms with Crippen LogP contribution in [-0.2, 0) is 9.59 Å². The lowest BCUT2D eigenvalue weighted by Gasteiger charge is -2.56. The lowest BCUT2D eigenvalue weighted by atomic mass is 9.49. The number of rotatable bonds is 5. The average molecular weight is 410 g/mol. The molecule has 0 atom stereocenters. The summed E-state index contributed by atoms with van der Waals surface area (Å²) in [6.07, 6.45) is 8.45. The summed E-state index contributed by atoms with van der Waals surface area (Å²) >= 11 is 0. The molecular weight excluding hydrogens is 374 g/mol. The van der Waals surface area contributed by atoms with Crippen molar-refractivity contribution in [3.05, 3.63) is 29.8 Å². The van der Waals surface area contributed by atoms with Crippen LogP contribution in [-0.4, -0.2) is 17.5 Å². The van der Waals surface area contributed by atoms with Crippen LogP contribution in [0.15, 0.2) is 29.4 Å². The summed E-state index contributed by atoms with van der Waals surface area (Å²) in [5, 5.41) is 7.31. The Bertz CT molecular complexity index is 830. The highest BCUT2D eigenvalue weighted by Crippen LogP contribution is 2.61. The Hall–Kier alpha value is -2.17. The second-order valence-corrected chi connectivity index (χ2v) is 11.1. The third-order valence-corrected chi connectivity index (χ3v) is 7.27. The van der Waals surface area contributed by atoms with Gasteiger partial charge in [-0.3, -0.25) is 9.59 Å². The number of benzene rings is 1. The molecule has 30 heavy (non-hydrogen) atoms. The van der Waals surface area contributed by atoms with Crippen LogP contribution >= 0.6 is 0 Å². The van der Waals surface area contributed by atoms with Gasteiger partial charge in [0.1, 0.15) is 0 Å². The highest BCUT2D eigenvalue weighted by atomic mass is 16.2. The maximum atomic E-state index is 12.7. The number of hydrazone groups is 1. The van der Waals surface area contributed by atoms with Crippen molar-refractivity contribution in [2.75, 3.05) is 5.32 Å². The van der Waals surface area contributed by atoms with Crippen molar-refractivity contribution in [2.24, 2.45) is 33.7 Å². The maximum Gasteiger partial charge on any atom is 0.240 e. The summed E-state index contributed by atoms with van der Waals surface area (Å²) in [5.41, 5.74) is 4.93. The van der Waals surface area contributed by atoms with Gasteiger partial charge in [0, 0.05) is 17.5 Å². The number of carbonyl (C=O) groups excluding carboxylic acids is 2. The van der Waals surface area contributed by atoms with Crippen molar-refractivity contribution in [2.45, 2.75) is 72.6 Å². The molecule has 1 aromatic rings. The fraction of sp³-hybridized carbons (Fsp3) is 0.640. The van der Waals surface area contributed by atoms with Gasteiger partial charge in [0.2, 0.25) is 11.8 Å². The molecule has 2 amide bonds. The molecular formula is C25H35N3O2. The van der Waals surface area contributed by atoms with E-state index in [-0.39, 0.29) is 17.2 Å². The molecule has 5 heteroatoms. The molecule has 4 aliphatic rings. The van der Waals surface area contributed by atoms with E-state index in [1.165, 1.54) is 38.5 Å². The minimum absolute atomic E-state index is 0.0295. The van der Waals surface area contributed by atoms with Crippen LogP contribution in [0.2, 0.25) is 0 Å². The largest absolute Gasteiger partial charge is 0.326 e. The first-order valence-electron chi connectivity index (χ1n) is 11.4. The van der Waals surface area contributed by atoms with Crippen LogP contribution in [0.4, 0.5) is 5.69 Å². The summed E-state index contributed by atoms with van der Waals surface area (Å²) < 4.78 is 0. The van der Waals surface area contributed by atoms with E-state index in [4.69, 9.17) is 0 Å². The van der Waals surface area contributed by atoms with Crippen molar-refractivity contribution in [1.29, 1.82) is 0 Å². The van der Waals surface area contributed by atoms with Gasteiger partial charge in [0.05, 0.1) is 5.71 Å². The van der Waals surface area contributed by atoms with Gasteiger partial charge in [0.25, 0.3) is 0 Å². The second kappa shape index (κ2) is 7.82. The Morgan fingerprint density at radius 3 is 2.23 bits per heavy atom. The summed E-state index contributed by atoms with van der Waals surface area (Å²) in [4.78, 5) is 24.9. The first-order valence-corrected chi connectivity index (χ1v) is 11.4. The molecule has 0 saturated heterocycles. The zero-order chi connectivity index (χ0) is 21.5. The van der Waals surface area contributed by atoms with Crippen molar-refractivity contribution < 1.29 is 9.59 Å². The molecule has 162 valence electrons. The number of amides is 2. The molecule has 2 N–H and O–H groups in total. The van der Waals surface area contributed by atoms with E-state index in [1.807, 2.05) is 52.0 Å². The lowest BCUT2D eigenvalue weighted by Crippen LogP contribution is -2.47. The number of nitrogens with one attached hydrogen (secondary N) is 2. The Morgan fingerprint density at radius 1 is 1.07 bits per heavy atom. The van der Waals surface area contributed by atoms with Gasteiger partial charge in [-0.25, -0.2) is 5.43 Å². The highest BCUT2D eigenvalue weighted by Gasteiger charge is 2.51. The molecule has 0 radical (unpaired) electrons. The third-order valence-electron chi connectivity index (χ3n) is 7.27. The van der Waals surface area contributed by atoms with Gasteiger partial charge in [-0.1, -0.05) is 32.9 Å². The van der Waals surface area contributed by atoms with E-state index in [2.05, 4.69) is 15.8 Å². The summed E-state index contributed by atoms with van der Waals surface area (Å²) in [7, 11) is 0. The fourth-order valence-electron chi connectivity index (χ4n) is 6.24. The zero-order valence-electron chi connectivity index (χ0n) is 18.8. The molecule has 5 nitrogen and oxygen atoms in total. The zero-order valence-corrected chi connectivity index (χ0v) is 18.8. The normalized spacial score (nSPS) is 30.3. The minimum atomic E-state index is -0.454. The van der Waals surface area contributed by atoms with E-state index in [0.29, 0.717) is 6.42 Å². The fourth-order valence-corrected chi connectivity index (χ4v) is 6.24. The monoisotopic (exact) mass is 409 g/mol.